The summed E-state index contributed by atoms with van der Waals surface area (Å²) in [5.74, 6) is 1.81. The van der Waals surface area contributed by atoms with Crippen LogP contribution in [0.5, 0.6) is 0 Å². The molecule has 10 rings (SSSR count). The van der Waals surface area contributed by atoms with Gasteiger partial charge in [0.15, 0.2) is 17.5 Å². The number of aromatic nitrogens is 3. The maximum Gasteiger partial charge on any atom is 0.167 e. The van der Waals surface area contributed by atoms with E-state index in [-0.39, 0.29) is 0 Å². The third kappa shape index (κ3) is 4.73. The van der Waals surface area contributed by atoms with Gasteiger partial charge >= 0.3 is 0 Å². The van der Waals surface area contributed by atoms with Crippen LogP contribution in [0, 0.1) is 0 Å². The summed E-state index contributed by atoms with van der Waals surface area (Å²) in [5.41, 5.74) is 6.68. The summed E-state index contributed by atoms with van der Waals surface area (Å²) >= 11 is 0. The lowest BCUT2D eigenvalue weighted by atomic mass is 9.97. The number of nitrogens with zero attached hydrogens (tertiary/aromatic N) is 3. The molecule has 0 unspecified atom stereocenters. The Balaban J connectivity index is 1.14. The monoisotopic (exact) mass is 625 g/mol. The smallest absolute Gasteiger partial charge is 0.167 e. The highest BCUT2D eigenvalue weighted by Gasteiger charge is 2.18. The van der Waals surface area contributed by atoms with Crippen LogP contribution < -0.4 is 0 Å². The third-order valence-electron chi connectivity index (χ3n) is 9.45. The van der Waals surface area contributed by atoms with Crippen LogP contribution in [0.15, 0.2) is 168 Å². The van der Waals surface area contributed by atoms with Gasteiger partial charge in [0.1, 0.15) is 11.2 Å². The number of benzene rings is 8. The van der Waals surface area contributed by atoms with Crippen molar-refractivity contribution in [2.75, 3.05) is 0 Å². The summed E-state index contributed by atoms with van der Waals surface area (Å²) in [7, 11) is 0. The third-order valence-corrected chi connectivity index (χ3v) is 9.45. The lowest BCUT2D eigenvalue weighted by molar-refractivity contribution is 0.670. The molecule has 0 aliphatic rings. The second kappa shape index (κ2) is 11.0. The summed E-state index contributed by atoms with van der Waals surface area (Å²) in [6, 6.07) is 57.1. The molecule has 0 bridgehead atoms. The van der Waals surface area contributed by atoms with Crippen molar-refractivity contribution in [3.63, 3.8) is 0 Å². The highest BCUT2D eigenvalue weighted by atomic mass is 16.3. The molecule has 0 spiro atoms. The average Bonchev–Trinajstić information content (AvgIpc) is 3.54. The van der Waals surface area contributed by atoms with E-state index in [4.69, 9.17) is 19.4 Å². The number of rotatable bonds is 4. The molecular weight excluding hydrogens is 599 g/mol. The van der Waals surface area contributed by atoms with Gasteiger partial charge in [-0.05, 0) is 79.8 Å². The van der Waals surface area contributed by atoms with Crippen LogP contribution in [0.1, 0.15) is 0 Å². The van der Waals surface area contributed by atoms with Crippen molar-refractivity contribution in [3.05, 3.63) is 164 Å². The van der Waals surface area contributed by atoms with Gasteiger partial charge in [0.05, 0.1) is 5.56 Å². The van der Waals surface area contributed by atoms with Gasteiger partial charge in [-0.2, -0.15) is 0 Å². The summed E-state index contributed by atoms with van der Waals surface area (Å²) < 4.78 is 6.66. The fourth-order valence-electron chi connectivity index (χ4n) is 6.94. The molecule has 0 amide bonds. The Labute approximate surface area is 282 Å². The minimum Gasteiger partial charge on any atom is -0.455 e. The molecule has 0 radical (unpaired) electrons. The van der Waals surface area contributed by atoms with E-state index in [1.165, 1.54) is 27.3 Å². The molecule has 10 aromatic rings. The van der Waals surface area contributed by atoms with Crippen LogP contribution in [0.25, 0.3) is 99.5 Å². The molecule has 0 fully saturated rings. The number of furan rings is 1. The van der Waals surface area contributed by atoms with Crippen LogP contribution in [-0.4, -0.2) is 15.0 Å². The maximum absolute atomic E-state index is 6.66. The van der Waals surface area contributed by atoms with Gasteiger partial charge in [-0.1, -0.05) is 127 Å². The van der Waals surface area contributed by atoms with E-state index in [1.54, 1.807) is 0 Å². The minimum atomic E-state index is 0.574. The van der Waals surface area contributed by atoms with E-state index in [1.807, 2.05) is 36.4 Å². The minimum absolute atomic E-state index is 0.574. The Hall–Kier alpha value is -6.65. The molecule has 0 atom stereocenters. The van der Waals surface area contributed by atoms with Gasteiger partial charge in [0.2, 0.25) is 0 Å². The Morgan fingerprint density at radius 1 is 0.327 bits per heavy atom. The number of fused-ring (bicyclic) bond motifs is 6. The molecule has 0 N–H and O–H groups in total. The SMILES string of the molecule is c1ccc(-c2nc(-c3ccc4ccccc4c3)nc(-c3cccc4c3oc3cc5ccc(-c6ccc7ccccc7c6)cc5cc34)n2)cc1. The molecule has 0 aliphatic heterocycles. The van der Waals surface area contributed by atoms with Crippen LogP contribution in [-0.2, 0) is 0 Å². The summed E-state index contributed by atoms with van der Waals surface area (Å²) in [4.78, 5) is 15.1. The molecule has 4 nitrogen and oxygen atoms in total. The molecule has 8 aromatic carbocycles. The topological polar surface area (TPSA) is 51.8 Å². The number of hydrogen-bond donors (Lipinski definition) is 0. The Morgan fingerprint density at radius 2 is 0.878 bits per heavy atom. The largest absolute Gasteiger partial charge is 0.455 e. The summed E-state index contributed by atoms with van der Waals surface area (Å²) in [6.07, 6.45) is 0. The summed E-state index contributed by atoms with van der Waals surface area (Å²) in [5, 5.41) is 9.17. The van der Waals surface area contributed by atoms with Gasteiger partial charge in [-0.15, -0.1) is 0 Å². The second-order valence-electron chi connectivity index (χ2n) is 12.5. The van der Waals surface area contributed by atoms with Gasteiger partial charge in [-0.25, -0.2) is 15.0 Å². The average molecular weight is 626 g/mol. The Kier molecular flexibility index (Phi) is 6.15. The van der Waals surface area contributed by atoms with E-state index in [0.29, 0.717) is 17.5 Å². The van der Waals surface area contributed by atoms with Gasteiger partial charge < -0.3 is 4.42 Å². The number of para-hydroxylation sites is 1. The first-order chi connectivity index (χ1) is 24.2. The predicted octanol–water partition coefficient (Wildman–Crippen LogP) is 11.9. The van der Waals surface area contributed by atoms with Crippen molar-refractivity contribution in [2.45, 2.75) is 0 Å². The molecular formula is C45H27N3O. The van der Waals surface area contributed by atoms with Gasteiger partial charge in [0.25, 0.3) is 0 Å². The zero-order valence-corrected chi connectivity index (χ0v) is 26.3. The second-order valence-corrected chi connectivity index (χ2v) is 12.5. The van der Waals surface area contributed by atoms with Crippen molar-refractivity contribution in [1.29, 1.82) is 0 Å². The molecule has 228 valence electrons. The zero-order chi connectivity index (χ0) is 32.3. The summed E-state index contributed by atoms with van der Waals surface area (Å²) in [6.45, 7) is 0. The zero-order valence-electron chi connectivity index (χ0n) is 26.3. The fraction of sp³-hybridized carbons (Fsp3) is 0. The molecule has 2 heterocycles. The molecule has 0 aliphatic carbocycles. The fourth-order valence-corrected chi connectivity index (χ4v) is 6.94. The first-order valence-electron chi connectivity index (χ1n) is 16.4. The molecule has 4 heteroatoms. The highest BCUT2D eigenvalue weighted by molar-refractivity contribution is 6.13. The molecule has 49 heavy (non-hydrogen) atoms. The first-order valence-corrected chi connectivity index (χ1v) is 16.4. The Bertz CT molecular complexity index is 2890. The van der Waals surface area contributed by atoms with Crippen molar-refractivity contribution in [1.82, 2.24) is 15.0 Å². The van der Waals surface area contributed by atoms with Crippen LogP contribution in [0.2, 0.25) is 0 Å². The van der Waals surface area contributed by atoms with E-state index >= 15 is 0 Å². The van der Waals surface area contributed by atoms with Gasteiger partial charge in [-0.3, -0.25) is 0 Å². The van der Waals surface area contributed by atoms with Gasteiger partial charge in [0, 0.05) is 21.9 Å². The van der Waals surface area contributed by atoms with Crippen LogP contribution >= 0.6 is 0 Å². The predicted molar refractivity (Wildman–Crippen MR) is 201 cm³/mol. The highest BCUT2D eigenvalue weighted by Crippen LogP contribution is 2.38. The maximum atomic E-state index is 6.66. The standard InChI is InChI=1S/C45H27N3O/c1-2-11-30(12-3-1)43-46-44(36-22-18-29-10-5-7-14-32(29)24-36)48-45(47-43)39-16-8-15-38-40-26-37-25-34(20-21-35(37)27-41(40)49-42(38)39)33-19-17-28-9-4-6-13-31(28)23-33/h1-27H. The lowest BCUT2D eigenvalue weighted by Gasteiger charge is -2.09. The van der Waals surface area contributed by atoms with E-state index in [9.17, 15) is 0 Å². The van der Waals surface area contributed by atoms with E-state index in [2.05, 4.69) is 127 Å². The van der Waals surface area contributed by atoms with Crippen molar-refractivity contribution in [3.8, 4) is 45.3 Å². The Morgan fingerprint density at radius 3 is 1.61 bits per heavy atom. The molecule has 2 aromatic heterocycles. The van der Waals surface area contributed by atoms with E-state index < -0.39 is 0 Å². The normalized spacial score (nSPS) is 11.7. The van der Waals surface area contributed by atoms with Crippen molar-refractivity contribution < 1.29 is 4.42 Å². The first kappa shape index (κ1) is 27.5. The van der Waals surface area contributed by atoms with Crippen molar-refractivity contribution >= 4 is 54.3 Å². The van der Waals surface area contributed by atoms with Crippen molar-refractivity contribution in [2.24, 2.45) is 0 Å². The number of hydrogen-bond acceptors (Lipinski definition) is 4. The lowest BCUT2D eigenvalue weighted by Crippen LogP contribution is -2.00. The van der Waals surface area contributed by atoms with Crippen LogP contribution in [0.3, 0.4) is 0 Å². The van der Waals surface area contributed by atoms with Crippen LogP contribution in [0.4, 0.5) is 0 Å². The molecule has 0 saturated heterocycles. The van der Waals surface area contributed by atoms with E-state index in [0.717, 1.165) is 54.8 Å². The quantitative estimate of drug-likeness (QED) is 0.195. The molecule has 0 saturated carbocycles.